The average Bonchev–Trinajstić information content (AvgIpc) is 2.57. The fraction of sp³-hybridized carbons (Fsp3) is 0.308. The van der Waals surface area contributed by atoms with Crippen molar-refractivity contribution in [2.24, 2.45) is 7.05 Å². The molecule has 2 N–H and O–H groups in total. The number of nitrogens with two attached hydrogens (primary N) is 1. The Morgan fingerprint density at radius 1 is 1.28 bits per heavy atom. The van der Waals surface area contributed by atoms with Gasteiger partial charge >= 0.3 is 0 Å². The van der Waals surface area contributed by atoms with Crippen LogP contribution in [0.1, 0.15) is 18.1 Å². The van der Waals surface area contributed by atoms with Crippen molar-refractivity contribution in [2.75, 3.05) is 5.73 Å². The SMILES string of the molecule is Cc1ccc(C(C)(F)F)c(-c2cc(N)n(C)n2)c1. The third kappa shape index (κ3) is 2.20. The number of rotatable bonds is 2. The number of halogens is 2. The monoisotopic (exact) mass is 251 g/mol. The van der Waals surface area contributed by atoms with Crippen molar-refractivity contribution in [3.05, 3.63) is 35.4 Å². The van der Waals surface area contributed by atoms with Crippen molar-refractivity contribution in [2.45, 2.75) is 19.8 Å². The molecule has 0 bridgehead atoms. The van der Waals surface area contributed by atoms with Gasteiger partial charge in [-0.05, 0) is 13.0 Å². The van der Waals surface area contributed by atoms with Gasteiger partial charge in [0.05, 0.1) is 5.69 Å². The van der Waals surface area contributed by atoms with Crippen LogP contribution in [0.4, 0.5) is 14.6 Å². The van der Waals surface area contributed by atoms with E-state index in [1.807, 2.05) is 6.92 Å². The zero-order valence-electron chi connectivity index (χ0n) is 10.5. The van der Waals surface area contributed by atoms with Crippen LogP contribution >= 0.6 is 0 Å². The van der Waals surface area contributed by atoms with Crippen LogP contribution in [-0.2, 0) is 13.0 Å². The van der Waals surface area contributed by atoms with E-state index in [9.17, 15) is 8.78 Å². The largest absolute Gasteiger partial charge is 0.384 e. The van der Waals surface area contributed by atoms with E-state index in [1.54, 1.807) is 25.2 Å². The molecule has 2 rings (SSSR count). The maximum absolute atomic E-state index is 13.6. The highest BCUT2D eigenvalue weighted by Gasteiger charge is 2.28. The summed E-state index contributed by atoms with van der Waals surface area (Å²) in [6.07, 6.45) is 0. The van der Waals surface area contributed by atoms with E-state index in [0.29, 0.717) is 17.1 Å². The number of benzene rings is 1. The average molecular weight is 251 g/mol. The molecular formula is C13H15F2N3. The highest BCUT2D eigenvalue weighted by atomic mass is 19.3. The first kappa shape index (κ1) is 12.5. The molecule has 0 spiro atoms. The van der Waals surface area contributed by atoms with Crippen molar-refractivity contribution >= 4 is 5.82 Å². The molecule has 1 heterocycles. The molecule has 0 aliphatic rings. The van der Waals surface area contributed by atoms with Crippen LogP contribution in [0.3, 0.4) is 0 Å². The minimum Gasteiger partial charge on any atom is -0.384 e. The predicted octanol–water partition coefficient (Wildman–Crippen LogP) is 3.09. The molecule has 0 fully saturated rings. The summed E-state index contributed by atoms with van der Waals surface area (Å²) in [7, 11) is 1.68. The van der Waals surface area contributed by atoms with Gasteiger partial charge in [0.25, 0.3) is 5.92 Å². The highest BCUT2D eigenvalue weighted by Crippen LogP contribution is 2.36. The molecule has 0 radical (unpaired) electrons. The molecule has 5 heteroatoms. The molecule has 0 aliphatic heterocycles. The lowest BCUT2D eigenvalue weighted by atomic mass is 9.98. The Morgan fingerprint density at radius 2 is 1.94 bits per heavy atom. The second kappa shape index (κ2) is 4.08. The van der Waals surface area contributed by atoms with Gasteiger partial charge in [0.1, 0.15) is 5.82 Å². The van der Waals surface area contributed by atoms with Crippen molar-refractivity contribution < 1.29 is 8.78 Å². The van der Waals surface area contributed by atoms with Crippen LogP contribution in [0.25, 0.3) is 11.3 Å². The molecule has 3 nitrogen and oxygen atoms in total. The van der Waals surface area contributed by atoms with E-state index >= 15 is 0 Å². The van der Waals surface area contributed by atoms with Gasteiger partial charge in [-0.3, -0.25) is 4.68 Å². The summed E-state index contributed by atoms with van der Waals surface area (Å²) in [5.41, 5.74) is 7.45. The van der Waals surface area contributed by atoms with E-state index in [1.165, 1.54) is 10.7 Å². The first-order valence-corrected chi connectivity index (χ1v) is 5.58. The molecule has 18 heavy (non-hydrogen) atoms. The zero-order chi connectivity index (χ0) is 13.5. The molecule has 2 aromatic rings. The predicted molar refractivity (Wildman–Crippen MR) is 67.4 cm³/mol. The number of aryl methyl sites for hydroxylation is 2. The van der Waals surface area contributed by atoms with Gasteiger partial charge in [0.15, 0.2) is 0 Å². The van der Waals surface area contributed by atoms with Crippen LogP contribution < -0.4 is 5.73 Å². The normalized spacial score (nSPS) is 11.8. The molecule has 1 aromatic heterocycles. The first-order valence-electron chi connectivity index (χ1n) is 5.58. The molecule has 0 saturated heterocycles. The fourth-order valence-electron chi connectivity index (χ4n) is 1.87. The quantitative estimate of drug-likeness (QED) is 0.891. The maximum atomic E-state index is 13.6. The minimum atomic E-state index is -2.91. The smallest absolute Gasteiger partial charge is 0.271 e. The summed E-state index contributed by atoms with van der Waals surface area (Å²) in [5, 5.41) is 4.15. The Morgan fingerprint density at radius 3 is 2.44 bits per heavy atom. The fourth-order valence-corrected chi connectivity index (χ4v) is 1.87. The van der Waals surface area contributed by atoms with Gasteiger partial charge < -0.3 is 5.73 Å². The Balaban J connectivity index is 2.65. The van der Waals surface area contributed by atoms with Gasteiger partial charge in [-0.1, -0.05) is 17.7 Å². The number of aromatic nitrogens is 2. The standard InChI is InChI=1S/C13H15F2N3/c1-8-4-5-10(13(2,14)15)9(6-8)11-7-12(16)18(3)17-11/h4-7H,16H2,1-3H3. The lowest BCUT2D eigenvalue weighted by molar-refractivity contribution is 0.0180. The van der Waals surface area contributed by atoms with Crippen LogP contribution in [0.15, 0.2) is 24.3 Å². The molecule has 0 aliphatic carbocycles. The maximum Gasteiger partial charge on any atom is 0.271 e. The van der Waals surface area contributed by atoms with Gasteiger partial charge in [0, 0.05) is 31.2 Å². The number of anilines is 1. The summed E-state index contributed by atoms with van der Waals surface area (Å²) in [6.45, 7) is 2.74. The number of nitrogens with zero attached hydrogens (tertiary/aromatic N) is 2. The van der Waals surface area contributed by atoms with Crippen LogP contribution in [0.5, 0.6) is 0 Å². The van der Waals surface area contributed by atoms with Crippen molar-refractivity contribution in [1.29, 1.82) is 0 Å². The van der Waals surface area contributed by atoms with Gasteiger partial charge in [0.2, 0.25) is 0 Å². The Labute approximate surface area is 104 Å². The Bertz CT molecular complexity index is 563. The van der Waals surface area contributed by atoms with Crippen molar-refractivity contribution in [3.63, 3.8) is 0 Å². The van der Waals surface area contributed by atoms with Crippen LogP contribution in [-0.4, -0.2) is 9.78 Å². The molecule has 0 unspecified atom stereocenters. The van der Waals surface area contributed by atoms with Crippen LogP contribution in [0.2, 0.25) is 0 Å². The number of hydrogen-bond donors (Lipinski definition) is 1. The zero-order valence-corrected chi connectivity index (χ0v) is 10.5. The number of hydrogen-bond acceptors (Lipinski definition) is 2. The summed E-state index contributed by atoms with van der Waals surface area (Å²) >= 11 is 0. The van der Waals surface area contributed by atoms with Gasteiger partial charge in [-0.15, -0.1) is 0 Å². The van der Waals surface area contributed by atoms with Crippen molar-refractivity contribution in [3.8, 4) is 11.3 Å². The summed E-state index contributed by atoms with van der Waals surface area (Å²) < 4.78 is 28.6. The highest BCUT2D eigenvalue weighted by molar-refractivity contribution is 5.68. The van der Waals surface area contributed by atoms with Crippen molar-refractivity contribution in [1.82, 2.24) is 9.78 Å². The lowest BCUT2D eigenvalue weighted by Crippen LogP contribution is -2.09. The van der Waals surface area contributed by atoms with Gasteiger partial charge in [-0.25, -0.2) is 8.78 Å². The second-order valence-corrected chi connectivity index (χ2v) is 4.52. The number of alkyl halides is 2. The molecule has 0 amide bonds. The first-order chi connectivity index (χ1) is 8.29. The molecule has 96 valence electrons. The summed E-state index contributed by atoms with van der Waals surface area (Å²) in [5.74, 6) is -2.47. The Kier molecular flexibility index (Phi) is 2.84. The van der Waals surface area contributed by atoms with Gasteiger partial charge in [-0.2, -0.15) is 5.10 Å². The van der Waals surface area contributed by atoms with E-state index in [2.05, 4.69) is 5.10 Å². The minimum absolute atomic E-state index is 0.0359. The molecule has 0 atom stereocenters. The molecule has 1 aromatic carbocycles. The van der Waals surface area contributed by atoms with E-state index in [-0.39, 0.29) is 5.56 Å². The number of nitrogen functional groups attached to an aromatic ring is 1. The van der Waals surface area contributed by atoms with E-state index in [0.717, 1.165) is 12.5 Å². The lowest BCUT2D eigenvalue weighted by Gasteiger charge is -2.15. The second-order valence-electron chi connectivity index (χ2n) is 4.52. The van der Waals surface area contributed by atoms with E-state index in [4.69, 9.17) is 5.73 Å². The van der Waals surface area contributed by atoms with Crippen LogP contribution in [0, 0.1) is 6.92 Å². The summed E-state index contributed by atoms with van der Waals surface area (Å²) in [4.78, 5) is 0. The van der Waals surface area contributed by atoms with E-state index < -0.39 is 5.92 Å². The Hall–Kier alpha value is -1.91. The molecule has 0 saturated carbocycles. The molecular weight excluding hydrogens is 236 g/mol. The summed E-state index contributed by atoms with van der Waals surface area (Å²) in [6, 6.07) is 6.41. The topological polar surface area (TPSA) is 43.8 Å². The third-order valence-corrected chi connectivity index (χ3v) is 2.84. The third-order valence-electron chi connectivity index (χ3n) is 2.84.